The molecule has 0 bridgehead atoms. The van der Waals surface area contributed by atoms with E-state index in [0.717, 1.165) is 9.13 Å². The second-order valence-corrected chi connectivity index (χ2v) is 7.98. The van der Waals surface area contributed by atoms with E-state index in [0.29, 0.717) is 19.9 Å². The van der Waals surface area contributed by atoms with Gasteiger partial charge in [0.25, 0.3) is 5.91 Å². The summed E-state index contributed by atoms with van der Waals surface area (Å²) >= 11 is 14.6. The van der Waals surface area contributed by atoms with Gasteiger partial charge in [0.15, 0.2) is 4.32 Å². The molecule has 0 aromatic heterocycles. The highest BCUT2D eigenvalue weighted by Gasteiger charge is 2.33. The Morgan fingerprint density at radius 3 is 2.74 bits per heavy atom. The van der Waals surface area contributed by atoms with Gasteiger partial charge in [-0.05, 0) is 64.6 Å². The summed E-state index contributed by atoms with van der Waals surface area (Å²) in [4.78, 5) is 14.7. The molecule has 23 heavy (non-hydrogen) atoms. The zero-order chi connectivity index (χ0) is 16.6. The van der Waals surface area contributed by atoms with Crippen LogP contribution < -0.4 is 4.90 Å². The molecule has 1 fully saturated rings. The van der Waals surface area contributed by atoms with Gasteiger partial charge in [0.1, 0.15) is 5.75 Å². The monoisotopic (exact) mass is 473 g/mol. The van der Waals surface area contributed by atoms with Crippen molar-refractivity contribution in [2.75, 3.05) is 4.90 Å². The van der Waals surface area contributed by atoms with Crippen molar-refractivity contribution in [2.24, 2.45) is 0 Å². The number of benzene rings is 2. The van der Waals surface area contributed by atoms with Gasteiger partial charge in [-0.25, -0.2) is 0 Å². The molecule has 2 aromatic carbocycles. The van der Waals surface area contributed by atoms with Crippen LogP contribution >= 0.6 is 58.2 Å². The zero-order valence-corrected chi connectivity index (χ0v) is 16.0. The van der Waals surface area contributed by atoms with E-state index < -0.39 is 0 Å². The number of halogens is 2. The van der Waals surface area contributed by atoms with Gasteiger partial charge in [0, 0.05) is 5.02 Å². The number of carbonyl (C=O) groups excluding carboxylic acids is 1. The van der Waals surface area contributed by atoms with E-state index in [-0.39, 0.29) is 11.7 Å². The van der Waals surface area contributed by atoms with Crippen LogP contribution in [-0.2, 0) is 4.79 Å². The Morgan fingerprint density at radius 2 is 2.04 bits per heavy atom. The summed E-state index contributed by atoms with van der Waals surface area (Å²) in [5, 5.41) is 10.1. The summed E-state index contributed by atoms with van der Waals surface area (Å²) in [7, 11) is 0. The van der Waals surface area contributed by atoms with E-state index in [1.165, 1.54) is 16.7 Å². The normalized spacial score (nSPS) is 16.4. The largest absolute Gasteiger partial charge is 0.507 e. The first-order chi connectivity index (χ1) is 11.0. The van der Waals surface area contributed by atoms with Gasteiger partial charge in [-0.2, -0.15) is 0 Å². The highest BCUT2D eigenvalue weighted by atomic mass is 127. The Labute approximate surface area is 161 Å². The third-order valence-corrected chi connectivity index (χ3v) is 5.53. The minimum atomic E-state index is -0.176. The number of hydrogen-bond acceptors (Lipinski definition) is 4. The summed E-state index contributed by atoms with van der Waals surface area (Å²) < 4.78 is 1.19. The lowest BCUT2D eigenvalue weighted by Gasteiger charge is -2.14. The molecule has 2 aromatic rings. The van der Waals surface area contributed by atoms with Crippen LogP contribution in [0.2, 0.25) is 5.02 Å². The lowest BCUT2D eigenvalue weighted by Crippen LogP contribution is -2.27. The summed E-state index contributed by atoms with van der Waals surface area (Å²) in [6.45, 7) is 0. The van der Waals surface area contributed by atoms with Crippen LogP contribution in [0.15, 0.2) is 47.4 Å². The molecule has 0 spiro atoms. The molecule has 1 N–H and O–H groups in total. The predicted octanol–water partition coefficient (Wildman–Crippen LogP) is 5.06. The maximum Gasteiger partial charge on any atom is 0.270 e. The fourth-order valence-corrected chi connectivity index (χ4v) is 4.09. The number of amides is 1. The summed E-state index contributed by atoms with van der Waals surface area (Å²) in [5.74, 6) is 0.0413. The number of carbonyl (C=O) groups is 1. The van der Waals surface area contributed by atoms with E-state index in [9.17, 15) is 9.90 Å². The summed E-state index contributed by atoms with van der Waals surface area (Å²) in [6.07, 6.45) is 1.77. The van der Waals surface area contributed by atoms with E-state index in [1.54, 1.807) is 42.5 Å². The summed E-state index contributed by atoms with van der Waals surface area (Å²) in [6, 6.07) is 12.2. The number of nitrogens with zero attached hydrogens (tertiary/aromatic N) is 1. The van der Waals surface area contributed by atoms with Gasteiger partial charge in [0.2, 0.25) is 0 Å². The lowest BCUT2D eigenvalue weighted by molar-refractivity contribution is -0.113. The Kier molecular flexibility index (Phi) is 4.96. The first-order valence-electron chi connectivity index (χ1n) is 6.48. The van der Waals surface area contributed by atoms with Crippen molar-refractivity contribution >= 4 is 80.2 Å². The highest BCUT2D eigenvalue weighted by molar-refractivity contribution is 14.1. The second-order valence-electron chi connectivity index (χ2n) is 4.71. The SMILES string of the molecule is O=C1/C(=C\c2ccc(O)c(I)c2)SC(=S)N1c1cccc(Cl)c1. The van der Waals surface area contributed by atoms with Gasteiger partial charge < -0.3 is 5.11 Å². The van der Waals surface area contributed by atoms with E-state index >= 15 is 0 Å². The predicted molar refractivity (Wildman–Crippen MR) is 108 cm³/mol. The maximum absolute atomic E-state index is 12.6. The van der Waals surface area contributed by atoms with Crippen LogP contribution in [-0.4, -0.2) is 15.3 Å². The van der Waals surface area contributed by atoms with Crippen molar-refractivity contribution < 1.29 is 9.90 Å². The van der Waals surface area contributed by atoms with Crippen molar-refractivity contribution in [1.82, 2.24) is 0 Å². The molecule has 1 aliphatic heterocycles. The number of hydrogen-bond donors (Lipinski definition) is 1. The van der Waals surface area contributed by atoms with Crippen molar-refractivity contribution in [3.8, 4) is 5.75 Å². The average Bonchev–Trinajstić information content (AvgIpc) is 2.77. The second kappa shape index (κ2) is 6.80. The number of anilines is 1. The Morgan fingerprint density at radius 1 is 1.26 bits per heavy atom. The smallest absolute Gasteiger partial charge is 0.270 e. The Hall–Kier alpha value is -1.09. The van der Waals surface area contributed by atoms with Crippen LogP contribution in [0.1, 0.15) is 5.56 Å². The van der Waals surface area contributed by atoms with Crippen molar-refractivity contribution in [1.29, 1.82) is 0 Å². The molecule has 116 valence electrons. The van der Waals surface area contributed by atoms with Crippen LogP contribution in [0.5, 0.6) is 5.75 Å². The fraction of sp³-hybridized carbons (Fsp3) is 0. The van der Waals surface area contributed by atoms with E-state index in [1.807, 2.05) is 28.7 Å². The number of aromatic hydroxyl groups is 1. The van der Waals surface area contributed by atoms with Crippen LogP contribution in [0.25, 0.3) is 6.08 Å². The van der Waals surface area contributed by atoms with Gasteiger partial charge in [-0.3, -0.25) is 9.69 Å². The molecule has 3 rings (SSSR count). The molecule has 1 saturated heterocycles. The van der Waals surface area contributed by atoms with E-state index in [4.69, 9.17) is 23.8 Å². The molecule has 1 heterocycles. The quantitative estimate of drug-likeness (QED) is 0.376. The minimum Gasteiger partial charge on any atom is -0.507 e. The molecule has 1 aliphatic rings. The molecule has 0 unspecified atom stereocenters. The number of phenolic OH excluding ortho intramolecular Hbond substituents is 1. The number of rotatable bonds is 2. The first kappa shape index (κ1) is 16.8. The lowest BCUT2D eigenvalue weighted by atomic mass is 10.2. The number of thiocarbonyl (C=S) groups is 1. The molecule has 0 saturated carbocycles. The third-order valence-electron chi connectivity index (χ3n) is 3.13. The molecule has 0 atom stereocenters. The third kappa shape index (κ3) is 3.55. The van der Waals surface area contributed by atoms with E-state index in [2.05, 4.69) is 0 Å². The molecule has 3 nitrogen and oxygen atoms in total. The number of phenols is 1. The Balaban J connectivity index is 1.94. The van der Waals surface area contributed by atoms with Crippen LogP contribution in [0.4, 0.5) is 5.69 Å². The Bertz CT molecular complexity index is 854. The summed E-state index contributed by atoms with van der Waals surface area (Å²) in [5.41, 5.74) is 1.49. The van der Waals surface area contributed by atoms with Crippen molar-refractivity contribution in [3.05, 3.63) is 61.5 Å². The van der Waals surface area contributed by atoms with Crippen molar-refractivity contribution in [2.45, 2.75) is 0 Å². The first-order valence-corrected chi connectivity index (χ1v) is 9.16. The van der Waals surface area contributed by atoms with Gasteiger partial charge in [-0.15, -0.1) is 0 Å². The molecular weight excluding hydrogens is 465 g/mol. The van der Waals surface area contributed by atoms with Gasteiger partial charge in [0.05, 0.1) is 14.2 Å². The highest BCUT2D eigenvalue weighted by Crippen LogP contribution is 2.37. The van der Waals surface area contributed by atoms with Crippen molar-refractivity contribution in [3.63, 3.8) is 0 Å². The van der Waals surface area contributed by atoms with Gasteiger partial charge >= 0.3 is 0 Å². The molecule has 0 aliphatic carbocycles. The fourth-order valence-electron chi connectivity index (χ4n) is 2.07. The van der Waals surface area contributed by atoms with Crippen LogP contribution in [0, 0.1) is 3.57 Å². The number of thioether (sulfide) groups is 1. The molecule has 0 radical (unpaired) electrons. The zero-order valence-electron chi connectivity index (χ0n) is 11.5. The molecule has 1 amide bonds. The van der Waals surface area contributed by atoms with Crippen LogP contribution in [0.3, 0.4) is 0 Å². The van der Waals surface area contributed by atoms with Gasteiger partial charge in [-0.1, -0.05) is 47.7 Å². The standard InChI is InChI=1S/C16H9ClINO2S2/c17-10-2-1-3-11(8-10)19-15(21)14(23-16(19)22)7-9-4-5-13(20)12(18)6-9/h1-8,20H/b14-7+. The average molecular weight is 474 g/mol. The maximum atomic E-state index is 12.6. The molecular formula is C16H9ClINO2S2. The minimum absolute atomic E-state index is 0.176. The molecule has 7 heteroatoms. The topological polar surface area (TPSA) is 40.5 Å².